The zero-order chi connectivity index (χ0) is 15.8. The van der Waals surface area contributed by atoms with Gasteiger partial charge in [0.15, 0.2) is 11.6 Å². The lowest BCUT2D eigenvalue weighted by molar-refractivity contribution is -0.137. The molecule has 1 aromatic carbocycles. The van der Waals surface area contributed by atoms with E-state index >= 15 is 0 Å². The van der Waals surface area contributed by atoms with E-state index in [9.17, 15) is 18.4 Å². The zero-order valence-corrected chi connectivity index (χ0v) is 11.9. The van der Waals surface area contributed by atoms with E-state index in [1.165, 1.54) is 11.0 Å². The van der Waals surface area contributed by atoms with Crippen molar-refractivity contribution in [2.75, 3.05) is 6.54 Å². The van der Waals surface area contributed by atoms with Crippen LogP contribution in [0, 0.1) is 11.6 Å². The number of carboxylic acids is 1. The molecule has 1 rings (SSSR count). The summed E-state index contributed by atoms with van der Waals surface area (Å²) in [5.41, 5.74) is 0.523. The summed E-state index contributed by atoms with van der Waals surface area (Å²) in [4.78, 5) is 23.9. The predicted molar refractivity (Wildman–Crippen MR) is 73.6 cm³/mol. The van der Waals surface area contributed by atoms with Crippen LogP contribution >= 0.6 is 0 Å². The molecule has 6 heteroatoms. The molecule has 1 aromatic rings. The van der Waals surface area contributed by atoms with Crippen molar-refractivity contribution in [1.29, 1.82) is 0 Å². The number of hydrogen-bond donors (Lipinski definition) is 1. The molecule has 0 unspecified atom stereocenters. The third kappa shape index (κ3) is 5.89. The van der Waals surface area contributed by atoms with Crippen LogP contribution in [0.4, 0.5) is 8.78 Å². The molecule has 0 saturated carbocycles. The van der Waals surface area contributed by atoms with Crippen LogP contribution in [0.25, 0.3) is 0 Å². The highest BCUT2D eigenvalue weighted by molar-refractivity contribution is 5.76. The first-order chi connectivity index (χ1) is 9.93. The lowest BCUT2D eigenvalue weighted by atomic mass is 10.1. The molecule has 21 heavy (non-hydrogen) atoms. The minimum atomic E-state index is -0.933. The van der Waals surface area contributed by atoms with Gasteiger partial charge in [0.25, 0.3) is 0 Å². The maximum atomic E-state index is 13.1. The average Bonchev–Trinajstić information content (AvgIpc) is 2.44. The number of aliphatic carboxylic acids is 1. The number of hydrogen-bond acceptors (Lipinski definition) is 2. The summed E-state index contributed by atoms with van der Waals surface area (Å²) < 4.78 is 26.0. The molecule has 0 aliphatic heterocycles. The first kappa shape index (κ1) is 17.1. The minimum Gasteiger partial charge on any atom is -0.481 e. The second kappa shape index (κ2) is 8.34. The lowest BCUT2D eigenvalue weighted by Gasteiger charge is -2.21. The topological polar surface area (TPSA) is 57.6 Å². The molecule has 0 saturated heterocycles. The predicted octanol–water partition coefficient (Wildman–Crippen LogP) is 2.96. The molecule has 0 aliphatic carbocycles. The molecule has 0 spiro atoms. The molecule has 0 radical (unpaired) electrons. The van der Waals surface area contributed by atoms with Gasteiger partial charge in [-0.15, -0.1) is 0 Å². The Morgan fingerprint density at radius 3 is 2.38 bits per heavy atom. The highest BCUT2D eigenvalue weighted by Gasteiger charge is 2.13. The van der Waals surface area contributed by atoms with E-state index in [4.69, 9.17) is 5.11 Å². The first-order valence-corrected chi connectivity index (χ1v) is 6.87. The van der Waals surface area contributed by atoms with Gasteiger partial charge in [-0.2, -0.15) is 0 Å². The van der Waals surface area contributed by atoms with Gasteiger partial charge < -0.3 is 10.0 Å². The van der Waals surface area contributed by atoms with Crippen molar-refractivity contribution in [3.8, 4) is 0 Å². The summed E-state index contributed by atoms with van der Waals surface area (Å²) in [7, 11) is 0. The summed E-state index contributed by atoms with van der Waals surface area (Å²) >= 11 is 0. The van der Waals surface area contributed by atoms with Gasteiger partial charge in [0, 0.05) is 25.9 Å². The molecule has 4 nitrogen and oxygen atoms in total. The van der Waals surface area contributed by atoms with E-state index < -0.39 is 17.6 Å². The first-order valence-electron chi connectivity index (χ1n) is 6.87. The van der Waals surface area contributed by atoms with Crippen molar-refractivity contribution >= 4 is 11.9 Å². The van der Waals surface area contributed by atoms with Gasteiger partial charge in [-0.1, -0.05) is 6.07 Å². The smallest absolute Gasteiger partial charge is 0.303 e. The molecule has 0 bridgehead atoms. The Balaban J connectivity index is 2.51. The van der Waals surface area contributed by atoms with Crippen molar-refractivity contribution in [2.45, 2.75) is 39.2 Å². The number of unbranched alkanes of at least 4 members (excludes halogenated alkanes) is 1. The van der Waals surface area contributed by atoms with Gasteiger partial charge >= 0.3 is 5.97 Å². The zero-order valence-electron chi connectivity index (χ0n) is 11.9. The molecule has 0 aromatic heterocycles. The van der Waals surface area contributed by atoms with Crippen LogP contribution < -0.4 is 0 Å². The van der Waals surface area contributed by atoms with Gasteiger partial charge in [-0.05, 0) is 37.5 Å². The average molecular weight is 299 g/mol. The summed E-state index contributed by atoms with van der Waals surface area (Å²) in [6.07, 6.45) is 1.25. The molecule has 116 valence electrons. The fourth-order valence-corrected chi connectivity index (χ4v) is 1.95. The van der Waals surface area contributed by atoms with E-state index in [1.807, 2.05) is 0 Å². The van der Waals surface area contributed by atoms with Crippen LogP contribution in [0.1, 0.15) is 38.2 Å². The van der Waals surface area contributed by atoms with Crippen molar-refractivity contribution in [1.82, 2.24) is 4.90 Å². The second-order valence-corrected chi connectivity index (χ2v) is 4.76. The maximum Gasteiger partial charge on any atom is 0.303 e. The van der Waals surface area contributed by atoms with Crippen molar-refractivity contribution in [3.05, 3.63) is 35.4 Å². The van der Waals surface area contributed by atoms with Crippen LogP contribution in [-0.4, -0.2) is 28.4 Å². The number of amides is 1. The monoisotopic (exact) mass is 299 g/mol. The van der Waals surface area contributed by atoms with Crippen LogP contribution in [0.5, 0.6) is 0 Å². The molecule has 1 N–H and O–H groups in total. The SMILES string of the molecule is CCN(Cc1ccc(F)c(F)c1)C(=O)CCCCC(=O)O. The normalized spacial score (nSPS) is 10.4. The fourth-order valence-electron chi connectivity index (χ4n) is 1.95. The van der Waals surface area contributed by atoms with Gasteiger partial charge in [-0.3, -0.25) is 9.59 Å². The lowest BCUT2D eigenvalue weighted by Crippen LogP contribution is -2.30. The van der Waals surface area contributed by atoms with E-state index in [-0.39, 0.29) is 25.3 Å². The van der Waals surface area contributed by atoms with Crippen LogP contribution in [0.2, 0.25) is 0 Å². The number of carbonyl (C=O) groups is 2. The van der Waals surface area contributed by atoms with Gasteiger partial charge in [0.05, 0.1) is 0 Å². The van der Waals surface area contributed by atoms with Gasteiger partial charge in [0.1, 0.15) is 0 Å². The van der Waals surface area contributed by atoms with E-state index in [2.05, 4.69) is 0 Å². The Morgan fingerprint density at radius 1 is 1.14 bits per heavy atom. The molecule has 1 amide bonds. The van der Waals surface area contributed by atoms with Gasteiger partial charge in [0.2, 0.25) is 5.91 Å². The summed E-state index contributed by atoms with van der Waals surface area (Å²) in [6.45, 7) is 2.47. The summed E-state index contributed by atoms with van der Waals surface area (Å²) in [5, 5.41) is 8.52. The van der Waals surface area contributed by atoms with Crippen molar-refractivity contribution in [2.24, 2.45) is 0 Å². The summed E-state index contributed by atoms with van der Waals surface area (Å²) in [5.74, 6) is -2.84. The molecule has 0 fully saturated rings. The standard InChI is InChI=1S/C15H19F2NO3/c1-2-18(14(19)5-3-4-6-15(20)21)10-11-7-8-12(16)13(17)9-11/h7-9H,2-6,10H2,1H3,(H,20,21). The maximum absolute atomic E-state index is 13.1. The van der Waals surface area contributed by atoms with Crippen molar-refractivity contribution < 1.29 is 23.5 Å². The summed E-state index contributed by atoms with van der Waals surface area (Å²) in [6, 6.07) is 3.56. The molecule has 0 aliphatic rings. The van der Waals surface area contributed by atoms with Crippen LogP contribution in [0.15, 0.2) is 18.2 Å². The third-order valence-corrected chi connectivity index (χ3v) is 3.12. The molecular weight excluding hydrogens is 280 g/mol. The Labute approximate surface area is 122 Å². The number of benzene rings is 1. The second-order valence-electron chi connectivity index (χ2n) is 4.76. The quantitative estimate of drug-likeness (QED) is 0.751. The number of halogens is 2. The Kier molecular flexibility index (Phi) is 6.78. The number of carbonyl (C=O) groups excluding carboxylic acids is 1. The minimum absolute atomic E-state index is 0.0442. The number of carboxylic acid groups (broad SMARTS) is 1. The van der Waals surface area contributed by atoms with Crippen LogP contribution in [-0.2, 0) is 16.1 Å². The molecule has 0 atom stereocenters. The Hall–Kier alpha value is -1.98. The Morgan fingerprint density at radius 2 is 1.81 bits per heavy atom. The van der Waals surface area contributed by atoms with E-state index in [0.29, 0.717) is 24.9 Å². The highest BCUT2D eigenvalue weighted by Crippen LogP contribution is 2.12. The van der Waals surface area contributed by atoms with Gasteiger partial charge in [-0.25, -0.2) is 8.78 Å². The third-order valence-electron chi connectivity index (χ3n) is 3.12. The highest BCUT2D eigenvalue weighted by atomic mass is 19.2. The molecule has 0 heterocycles. The number of rotatable bonds is 8. The fraction of sp³-hybridized carbons (Fsp3) is 0.467. The van der Waals surface area contributed by atoms with Crippen molar-refractivity contribution in [3.63, 3.8) is 0 Å². The van der Waals surface area contributed by atoms with Crippen LogP contribution in [0.3, 0.4) is 0 Å². The Bertz CT molecular complexity index is 506. The van der Waals surface area contributed by atoms with E-state index in [1.54, 1.807) is 6.92 Å². The molecular formula is C15H19F2NO3. The largest absolute Gasteiger partial charge is 0.481 e. The number of nitrogens with zero attached hydrogens (tertiary/aromatic N) is 1. The van der Waals surface area contributed by atoms with E-state index in [0.717, 1.165) is 12.1 Å².